The first-order chi connectivity index (χ1) is 19.1. The van der Waals surface area contributed by atoms with Gasteiger partial charge in [-0.3, -0.25) is 14.9 Å². The monoisotopic (exact) mass is 560 g/mol. The molecule has 1 N–H and O–H groups in total. The van der Waals surface area contributed by atoms with Crippen LogP contribution < -0.4 is 14.8 Å². The second-order valence-electron chi connectivity index (χ2n) is 10.3. The van der Waals surface area contributed by atoms with E-state index in [1.165, 1.54) is 0 Å². The molecule has 0 spiro atoms. The zero-order valence-electron chi connectivity index (χ0n) is 23.2. The molecule has 1 aromatic heterocycles. The number of carbonyl (C=O) groups excluding carboxylic acids is 2. The first-order valence-electron chi connectivity index (χ1n) is 13.1. The lowest BCUT2D eigenvalue weighted by atomic mass is 9.93. The van der Waals surface area contributed by atoms with Crippen molar-refractivity contribution in [3.8, 4) is 22.8 Å². The Hall–Kier alpha value is -3.66. The summed E-state index contributed by atoms with van der Waals surface area (Å²) in [6.45, 7) is 11.2. The van der Waals surface area contributed by atoms with Crippen molar-refractivity contribution < 1.29 is 28.5 Å². The minimum absolute atomic E-state index is 0.122. The predicted molar refractivity (Wildman–Crippen MR) is 154 cm³/mol. The zero-order chi connectivity index (χ0) is 28.4. The Morgan fingerprint density at radius 1 is 1.10 bits per heavy atom. The lowest BCUT2D eigenvalue weighted by molar-refractivity contribution is -0.141. The number of amides is 2. The number of hydrogen-bond donors (Lipinski definition) is 1. The van der Waals surface area contributed by atoms with Gasteiger partial charge in [-0.15, -0.1) is 0 Å². The average molecular weight is 561 g/mol. The van der Waals surface area contributed by atoms with E-state index in [0.717, 1.165) is 50.8 Å². The number of thioether (sulfide) groups is 1. The third kappa shape index (κ3) is 6.38. The first-order valence-corrected chi connectivity index (χ1v) is 13.9. The van der Waals surface area contributed by atoms with Gasteiger partial charge in [0.1, 0.15) is 25.1 Å². The number of nitrogens with one attached hydrogen (secondary N) is 1. The number of aryl methyl sites for hydroxylation is 2. The number of ether oxygens (including phenoxy) is 4. The van der Waals surface area contributed by atoms with Gasteiger partial charge in [0, 0.05) is 17.3 Å². The molecular weight excluding hydrogens is 528 g/mol. The van der Waals surface area contributed by atoms with Gasteiger partial charge in [-0.2, -0.15) is 0 Å². The van der Waals surface area contributed by atoms with Crippen LogP contribution in [-0.2, 0) is 20.9 Å². The van der Waals surface area contributed by atoms with Crippen LogP contribution in [0.2, 0.25) is 0 Å². The summed E-state index contributed by atoms with van der Waals surface area (Å²) in [7, 11) is 0. The number of hydrogen-bond acceptors (Lipinski definition) is 8. The summed E-state index contributed by atoms with van der Waals surface area (Å²) in [6, 6.07) is 15.6. The van der Waals surface area contributed by atoms with Crippen LogP contribution in [-0.4, -0.2) is 41.2 Å². The molecule has 8 nitrogen and oxygen atoms in total. The molecule has 40 heavy (non-hydrogen) atoms. The Morgan fingerprint density at radius 2 is 1.88 bits per heavy atom. The lowest BCUT2D eigenvalue weighted by Crippen LogP contribution is -2.25. The predicted octanol–water partition coefficient (Wildman–Crippen LogP) is 6.11. The van der Waals surface area contributed by atoms with Crippen molar-refractivity contribution >= 4 is 29.0 Å². The number of rotatable bonds is 8. The molecule has 1 atom stereocenters. The zero-order valence-corrected chi connectivity index (χ0v) is 24.0. The van der Waals surface area contributed by atoms with E-state index in [2.05, 4.69) is 31.3 Å². The minimum Gasteiger partial charge on any atom is -0.489 e. The Morgan fingerprint density at radius 3 is 2.52 bits per heavy atom. The molecule has 0 unspecified atom stereocenters. The van der Waals surface area contributed by atoms with Crippen LogP contribution in [0, 0.1) is 20.8 Å². The van der Waals surface area contributed by atoms with Crippen LogP contribution in [0.4, 0.5) is 4.79 Å². The van der Waals surface area contributed by atoms with E-state index in [4.69, 9.17) is 23.9 Å². The summed E-state index contributed by atoms with van der Waals surface area (Å²) in [5.74, 6) is 0.330. The highest BCUT2D eigenvalue weighted by atomic mass is 32.2. The molecule has 2 aliphatic rings. The summed E-state index contributed by atoms with van der Waals surface area (Å²) >= 11 is 0.901. The van der Waals surface area contributed by atoms with Gasteiger partial charge in [0.15, 0.2) is 5.79 Å². The summed E-state index contributed by atoms with van der Waals surface area (Å²) < 4.78 is 23.5. The van der Waals surface area contributed by atoms with Gasteiger partial charge in [0.2, 0.25) is 5.88 Å². The third-order valence-electron chi connectivity index (χ3n) is 6.79. The molecule has 0 bridgehead atoms. The van der Waals surface area contributed by atoms with Crippen molar-refractivity contribution in [1.82, 2.24) is 10.3 Å². The number of nitrogens with zero attached hydrogens (tertiary/aromatic N) is 1. The summed E-state index contributed by atoms with van der Waals surface area (Å²) in [4.78, 5) is 28.2. The normalized spacial score (nSPS) is 19.2. The number of carbonyl (C=O) groups is 2. The SMILES string of the molecule is Cc1cc(OC[C@@H]2COC(C)(C)O2)nc(C)c1-c1cccc(COc2ccc(/C=C3\SC(=O)NC3=O)cc2)c1C. The Kier molecular flexibility index (Phi) is 7.98. The maximum atomic E-state index is 11.8. The maximum absolute atomic E-state index is 11.8. The summed E-state index contributed by atoms with van der Waals surface area (Å²) in [6.07, 6.45) is 1.57. The minimum atomic E-state index is -0.582. The van der Waals surface area contributed by atoms with Crippen molar-refractivity contribution in [2.24, 2.45) is 0 Å². The third-order valence-corrected chi connectivity index (χ3v) is 7.60. The molecule has 2 aliphatic heterocycles. The van der Waals surface area contributed by atoms with Crippen LogP contribution in [0.25, 0.3) is 17.2 Å². The molecule has 3 heterocycles. The van der Waals surface area contributed by atoms with Gasteiger partial charge in [-0.25, -0.2) is 4.98 Å². The molecule has 2 saturated heterocycles. The van der Waals surface area contributed by atoms with Crippen LogP contribution in [0.15, 0.2) is 53.4 Å². The van der Waals surface area contributed by atoms with Gasteiger partial charge in [-0.1, -0.05) is 30.3 Å². The van der Waals surface area contributed by atoms with Crippen molar-refractivity contribution in [2.75, 3.05) is 13.2 Å². The van der Waals surface area contributed by atoms with Crippen molar-refractivity contribution in [3.63, 3.8) is 0 Å². The first kappa shape index (κ1) is 27.9. The molecule has 2 amide bonds. The fourth-order valence-corrected chi connectivity index (χ4v) is 5.49. The fraction of sp³-hybridized carbons (Fsp3) is 0.323. The number of pyridine rings is 1. The molecule has 3 aromatic rings. The van der Waals surface area contributed by atoms with Crippen molar-refractivity contribution in [3.05, 3.63) is 81.4 Å². The van der Waals surface area contributed by atoms with E-state index in [-0.39, 0.29) is 17.3 Å². The van der Waals surface area contributed by atoms with Gasteiger partial charge < -0.3 is 18.9 Å². The molecular formula is C31H32N2O6S. The molecule has 0 radical (unpaired) electrons. The van der Waals surface area contributed by atoms with E-state index in [1.807, 2.05) is 57.2 Å². The van der Waals surface area contributed by atoms with E-state index < -0.39 is 5.79 Å². The maximum Gasteiger partial charge on any atom is 0.290 e. The highest BCUT2D eigenvalue weighted by Crippen LogP contribution is 2.33. The van der Waals surface area contributed by atoms with Gasteiger partial charge in [0.25, 0.3) is 11.1 Å². The van der Waals surface area contributed by atoms with Crippen molar-refractivity contribution in [2.45, 2.75) is 53.1 Å². The Labute approximate surface area is 238 Å². The van der Waals surface area contributed by atoms with Crippen LogP contribution in [0.1, 0.15) is 41.8 Å². The quantitative estimate of drug-likeness (QED) is 0.330. The topological polar surface area (TPSA) is 96.0 Å². The largest absolute Gasteiger partial charge is 0.489 e. The molecule has 2 fully saturated rings. The number of aromatic nitrogens is 1. The Bertz CT molecular complexity index is 1460. The molecule has 208 valence electrons. The average Bonchev–Trinajstić information content (AvgIpc) is 3.42. The van der Waals surface area contributed by atoms with E-state index in [1.54, 1.807) is 6.08 Å². The smallest absolute Gasteiger partial charge is 0.290 e. The van der Waals surface area contributed by atoms with Crippen molar-refractivity contribution in [1.29, 1.82) is 0 Å². The molecule has 0 aliphatic carbocycles. The van der Waals surface area contributed by atoms with Gasteiger partial charge in [-0.05, 0) is 92.4 Å². The van der Waals surface area contributed by atoms with Crippen LogP contribution in [0.3, 0.4) is 0 Å². The number of benzene rings is 2. The summed E-state index contributed by atoms with van der Waals surface area (Å²) in [5.41, 5.74) is 7.16. The van der Waals surface area contributed by atoms with E-state index in [9.17, 15) is 9.59 Å². The number of imide groups is 1. The van der Waals surface area contributed by atoms with Gasteiger partial charge >= 0.3 is 0 Å². The van der Waals surface area contributed by atoms with Gasteiger partial charge in [0.05, 0.1) is 11.5 Å². The van der Waals surface area contributed by atoms with Crippen LogP contribution >= 0.6 is 11.8 Å². The molecule has 2 aromatic carbocycles. The highest BCUT2D eigenvalue weighted by molar-refractivity contribution is 8.18. The fourth-order valence-electron chi connectivity index (χ4n) is 4.81. The summed E-state index contributed by atoms with van der Waals surface area (Å²) in [5, 5.41) is 1.91. The second-order valence-corrected chi connectivity index (χ2v) is 11.3. The van der Waals surface area contributed by atoms with E-state index >= 15 is 0 Å². The second kappa shape index (κ2) is 11.4. The lowest BCUT2D eigenvalue weighted by Gasteiger charge is -2.18. The highest BCUT2D eigenvalue weighted by Gasteiger charge is 2.33. The van der Waals surface area contributed by atoms with Crippen LogP contribution in [0.5, 0.6) is 11.6 Å². The standard InChI is InChI=1S/C31H32N2O6S/c1-18-13-27(37-16-24-17-38-31(4,5)39-24)32-20(3)28(18)25-8-6-7-22(19(25)2)15-36-23-11-9-21(10-12-23)14-26-29(34)33-30(35)40-26/h6-14,24H,15-17H2,1-5H3,(H,33,34,35)/b26-14-/t24-/m1/s1. The molecule has 9 heteroatoms. The Balaban J connectivity index is 1.26. The molecule has 0 saturated carbocycles. The molecule has 5 rings (SSSR count). The van der Waals surface area contributed by atoms with E-state index in [0.29, 0.717) is 36.4 Å².